The van der Waals surface area contributed by atoms with Crippen molar-refractivity contribution in [2.45, 2.75) is 58.2 Å². The molecule has 2 N–H and O–H groups in total. The Hall–Kier alpha value is -3.46. The number of cyclic esters (lactones) is 1. The Morgan fingerprint density at radius 1 is 1.27 bits per heavy atom. The maximum absolute atomic E-state index is 12.1. The Bertz CT molecular complexity index is 1100. The van der Waals surface area contributed by atoms with Gasteiger partial charge in [-0.3, -0.25) is 9.69 Å². The number of carbonyl (C=O) groups excluding carboxylic acids is 2. The summed E-state index contributed by atoms with van der Waals surface area (Å²) in [6.45, 7) is 10.1. The summed E-state index contributed by atoms with van der Waals surface area (Å²) in [5, 5.41) is 7.04. The Balaban J connectivity index is 1.38. The normalized spacial score (nSPS) is 16.4. The second-order valence-electron chi connectivity index (χ2n) is 9.90. The minimum absolute atomic E-state index is 0.0114. The van der Waals surface area contributed by atoms with Crippen LogP contribution in [0.25, 0.3) is 0 Å². The number of amides is 2. The lowest BCUT2D eigenvalue weighted by atomic mass is 9.98. The number of carbonyl (C=O) groups is 2. The number of ether oxygens (including phenoxy) is 1. The van der Waals surface area contributed by atoms with E-state index in [0.29, 0.717) is 18.3 Å². The van der Waals surface area contributed by atoms with Gasteiger partial charge < -0.3 is 20.3 Å². The van der Waals surface area contributed by atoms with E-state index in [0.717, 1.165) is 43.0 Å². The van der Waals surface area contributed by atoms with Crippen molar-refractivity contribution in [1.29, 1.82) is 0 Å². The summed E-state index contributed by atoms with van der Waals surface area (Å²) in [6.07, 6.45) is 7.30. The summed E-state index contributed by atoms with van der Waals surface area (Å²) < 4.78 is 5.09. The van der Waals surface area contributed by atoms with E-state index in [1.54, 1.807) is 13.2 Å². The molecule has 0 radical (unpaired) electrons. The molecule has 37 heavy (non-hydrogen) atoms. The van der Waals surface area contributed by atoms with Gasteiger partial charge >= 0.3 is 6.09 Å². The summed E-state index contributed by atoms with van der Waals surface area (Å²) in [5.74, 6) is 1.80. The first kappa shape index (κ1) is 26.6. The van der Waals surface area contributed by atoms with Crippen molar-refractivity contribution >= 4 is 23.8 Å². The van der Waals surface area contributed by atoms with Gasteiger partial charge in [-0.25, -0.2) is 9.78 Å². The van der Waals surface area contributed by atoms with Crippen LogP contribution in [0, 0.1) is 5.92 Å². The van der Waals surface area contributed by atoms with Crippen LogP contribution in [-0.4, -0.2) is 53.6 Å². The Kier molecular flexibility index (Phi) is 8.76. The molecule has 0 saturated heterocycles. The quantitative estimate of drug-likeness (QED) is 0.383. The Morgan fingerprint density at radius 2 is 2.00 bits per heavy atom. The largest absolute Gasteiger partial charge is 0.444 e. The molecular formula is C28H38N6O3. The van der Waals surface area contributed by atoms with E-state index < -0.39 is 6.09 Å². The molecule has 2 heterocycles. The lowest BCUT2D eigenvalue weighted by molar-refractivity contribution is -0.126. The van der Waals surface area contributed by atoms with Crippen LogP contribution in [0.3, 0.4) is 0 Å². The first-order valence-electron chi connectivity index (χ1n) is 13.2. The molecule has 1 aliphatic carbocycles. The third-order valence-corrected chi connectivity index (χ3v) is 6.99. The molecule has 1 saturated carbocycles. The van der Waals surface area contributed by atoms with Crippen LogP contribution in [0.1, 0.15) is 68.3 Å². The van der Waals surface area contributed by atoms with Crippen molar-refractivity contribution in [1.82, 2.24) is 20.2 Å². The second-order valence-corrected chi connectivity index (χ2v) is 9.90. The van der Waals surface area contributed by atoms with Gasteiger partial charge in [-0.2, -0.15) is 4.98 Å². The van der Waals surface area contributed by atoms with Crippen LogP contribution in [0.5, 0.6) is 0 Å². The van der Waals surface area contributed by atoms with E-state index in [4.69, 9.17) is 4.74 Å². The highest BCUT2D eigenvalue weighted by Crippen LogP contribution is 2.38. The molecule has 1 aromatic heterocycles. The molecule has 4 rings (SSSR count). The van der Waals surface area contributed by atoms with E-state index >= 15 is 0 Å². The summed E-state index contributed by atoms with van der Waals surface area (Å²) in [5.41, 5.74) is 3.16. The number of hydrogen-bond donors (Lipinski definition) is 2. The number of aromatic nitrogens is 2. The lowest BCUT2D eigenvalue weighted by Gasteiger charge is -2.25. The van der Waals surface area contributed by atoms with Gasteiger partial charge in [0.15, 0.2) is 0 Å². The average Bonchev–Trinajstić information content (AvgIpc) is 3.74. The van der Waals surface area contributed by atoms with Crippen molar-refractivity contribution in [3.8, 4) is 0 Å². The van der Waals surface area contributed by atoms with Crippen LogP contribution in [0.2, 0.25) is 0 Å². The van der Waals surface area contributed by atoms with Crippen LogP contribution < -0.4 is 15.5 Å². The maximum atomic E-state index is 12.1. The van der Waals surface area contributed by atoms with Gasteiger partial charge in [0.05, 0.1) is 11.6 Å². The maximum Gasteiger partial charge on any atom is 0.415 e. The predicted octanol–water partition coefficient (Wildman–Crippen LogP) is 4.59. The fraction of sp³-hybridized carbons (Fsp3) is 0.500. The van der Waals surface area contributed by atoms with E-state index in [1.807, 2.05) is 4.90 Å². The van der Waals surface area contributed by atoms with Crippen LogP contribution in [0.4, 0.5) is 16.6 Å². The first-order chi connectivity index (χ1) is 17.9. The standard InChI is InChI=1S/C28H38N6O3/c1-5-14-34(25(35)6-2)15-13-29-24(16-20-7-8-20)22-11-9-21(10-12-22)19(3)31-27-30-17-23-18-37-28(36)33(4)26(23)32-27/h6,9-12,17,19-20,24,29H,2,5,7-8,13-16,18H2,1,3-4H3,(H,30,31,32)/t19-,24?/m0/s1. The third-order valence-electron chi connectivity index (χ3n) is 6.99. The molecule has 2 atom stereocenters. The van der Waals surface area contributed by atoms with Gasteiger partial charge in [-0.05, 0) is 42.9 Å². The van der Waals surface area contributed by atoms with Crippen molar-refractivity contribution in [3.63, 3.8) is 0 Å². The topological polar surface area (TPSA) is 99.7 Å². The number of benzene rings is 1. The fourth-order valence-electron chi connectivity index (χ4n) is 4.61. The van der Waals surface area contributed by atoms with Gasteiger partial charge in [0.2, 0.25) is 11.9 Å². The van der Waals surface area contributed by atoms with E-state index in [-0.39, 0.29) is 24.6 Å². The summed E-state index contributed by atoms with van der Waals surface area (Å²) >= 11 is 0. The SMILES string of the molecule is C=CC(=O)N(CCC)CCNC(CC1CC1)c1ccc([C@H](C)Nc2ncc3c(n2)N(C)C(=O)OC3)cc1. The lowest BCUT2D eigenvalue weighted by Crippen LogP contribution is -2.37. The minimum atomic E-state index is -0.416. The van der Waals surface area contributed by atoms with Crippen molar-refractivity contribution in [2.75, 3.05) is 36.9 Å². The molecule has 1 aromatic carbocycles. The predicted molar refractivity (Wildman–Crippen MR) is 144 cm³/mol. The third kappa shape index (κ3) is 6.85. The zero-order valence-electron chi connectivity index (χ0n) is 22.1. The molecule has 1 fully saturated rings. The highest BCUT2D eigenvalue weighted by molar-refractivity contribution is 5.88. The Morgan fingerprint density at radius 3 is 2.68 bits per heavy atom. The number of hydrogen-bond acceptors (Lipinski definition) is 7. The first-order valence-corrected chi connectivity index (χ1v) is 13.2. The summed E-state index contributed by atoms with van der Waals surface area (Å²) in [6, 6.07) is 8.89. The molecule has 0 spiro atoms. The monoisotopic (exact) mass is 506 g/mol. The van der Waals surface area contributed by atoms with Crippen LogP contribution in [-0.2, 0) is 16.1 Å². The number of fused-ring (bicyclic) bond motifs is 1. The van der Waals surface area contributed by atoms with E-state index in [2.05, 4.69) is 65.3 Å². The molecule has 1 unspecified atom stereocenters. The highest BCUT2D eigenvalue weighted by atomic mass is 16.6. The molecule has 9 heteroatoms. The number of nitrogens with zero attached hydrogens (tertiary/aromatic N) is 4. The second kappa shape index (κ2) is 12.2. The summed E-state index contributed by atoms with van der Waals surface area (Å²) in [4.78, 5) is 36.1. The average molecular weight is 507 g/mol. The van der Waals surface area contributed by atoms with Gasteiger partial charge in [-0.1, -0.05) is 50.6 Å². The van der Waals surface area contributed by atoms with Gasteiger partial charge in [0, 0.05) is 38.9 Å². The van der Waals surface area contributed by atoms with Crippen molar-refractivity contribution in [3.05, 3.63) is 59.8 Å². The highest BCUT2D eigenvalue weighted by Gasteiger charge is 2.27. The van der Waals surface area contributed by atoms with E-state index in [1.165, 1.54) is 29.4 Å². The van der Waals surface area contributed by atoms with Crippen LogP contribution >= 0.6 is 0 Å². The number of nitrogens with one attached hydrogen (secondary N) is 2. The molecular weight excluding hydrogens is 468 g/mol. The molecule has 198 valence electrons. The van der Waals surface area contributed by atoms with Gasteiger partial charge in [0.1, 0.15) is 12.4 Å². The smallest absolute Gasteiger partial charge is 0.415 e. The van der Waals surface area contributed by atoms with E-state index in [9.17, 15) is 9.59 Å². The minimum Gasteiger partial charge on any atom is -0.444 e. The number of rotatable bonds is 13. The van der Waals surface area contributed by atoms with Gasteiger partial charge in [0.25, 0.3) is 0 Å². The zero-order chi connectivity index (χ0) is 26.4. The molecule has 2 aromatic rings. The number of anilines is 2. The molecule has 2 amide bonds. The molecule has 9 nitrogen and oxygen atoms in total. The Labute approximate surface area is 219 Å². The molecule has 1 aliphatic heterocycles. The zero-order valence-corrected chi connectivity index (χ0v) is 22.1. The van der Waals surface area contributed by atoms with Gasteiger partial charge in [-0.15, -0.1) is 0 Å². The van der Waals surface area contributed by atoms with Crippen LogP contribution in [0.15, 0.2) is 43.1 Å². The molecule has 2 aliphatic rings. The summed E-state index contributed by atoms with van der Waals surface area (Å²) in [7, 11) is 1.64. The van der Waals surface area contributed by atoms with Crippen molar-refractivity contribution < 1.29 is 14.3 Å². The van der Waals surface area contributed by atoms with Crippen molar-refractivity contribution in [2.24, 2.45) is 5.92 Å². The molecule has 0 bridgehead atoms. The fourth-order valence-corrected chi connectivity index (χ4v) is 4.61.